The lowest BCUT2D eigenvalue weighted by Gasteiger charge is -2.42. The topological polar surface area (TPSA) is 81.8 Å². The number of nitrogens with zero attached hydrogens (tertiary/aromatic N) is 2. The van der Waals surface area contributed by atoms with Gasteiger partial charge in [0.05, 0.1) is 5.02 Å². The van der Waals surface area contributed by atoms with Crippen molar-refractivity contribution in [2.24, 2.45) is 0 Å². The summed E-state index contributed by atoms with van der Waals surface area (Å²) in [5.41, 5.74) is 0.603. The fourth-order valence-electron chi connectivity index (χ4n) is 3.76. The number of rotatable bonds is 4. The third-order valence-corrected chi connectivity index (χ3v) is 5.77. The fourth-order valence-corrected chi connectivity index (χ4v) is 3.98. The van der Waals surface area contributed by atoms with Crippen LogP contribution in [-0.2, 0) is 9.59 Å². The summed E-state index contributed by atoms with van der Waals surface area (Å²) in [6.07, 6.45) is 0.394. The van der Waals surface area contributed by atoms with E-state index in [4.69, 9.17) is 11.6 Å². The summed E-state index contributed by atoms with van der Waals surface area (Å²) in [6, 6.07) is 2.51. The molecule has 2 atom stereocenters. The molecule has 2 saturated heterocycles. The van der Waals surface area contributed by atoms with Crippen LogP contribution in [0.4, 0.5) is 14.9 Å². The van der Waals surface area contributed by atoms with Gasteiger partial charge in [0.1, 0.15) is 11.4 Å². The van der Waals surface area contributed by atoms with Gasteiger partial charge in [-0.25, -0.2) is 9.18 Å². The number of halogens is 2. The molecule has 2 N–H and O–H groups in total. The molecule has 0 radical (unpaired) electrons. The minimum atomic E-state index is -1.06. The van der Waals surface area contributed by atoms with Crippen LogP contribution >= 0.6 is 11.6 Å². The average molecular weight is 411 g/mol. The number of amides is 4. The Bertz CT molecular complexity index is 834. The van der Waals surface area contributed by atoms with Crippen molar-refractivity contribution < 1.29 is 18.8 Å². The van der Waals surface area contributed by atoms with Crippen LogP contribution in [0, 0.1) is 12.7 Å². The molecule has 0 aromatic heterocycles. The van der Waals surface area contributed by atoms with Crippen LogP contribution in [0.2, 0.25) is 5.02 Å². The zero-order valence-electron chi connectivity index (χ0n) is 16.1. The molecule has 3 rings (SSSR count). The van der Waals surface area contributed by atoms with Crippen LogP contribution in [0.3, 0.4) is 0 Å². The van der Waals surface area contributed by atoms with E-state index in [9.17, 15) is 18.8 Å². The number of nitrogens with one attached hydrogen (secondary N) is 2. The summed E-state index contributed by atoms with van der Waals surface area (Å²) in [5, 5.41) is 4.86. The standard InChI is InChI=1S/C19H24ClFN4O3/c1-11-8-13(20)14(21)9-15(11)25-7-6-24(10-12(25)2)16(26)4-5-19(3)17(27)22-18(28)23-19/h8-9,12H,4-7,10H2,1-3H3,(H2,22,23,27,28)/t12-,19?/m0/s1. The molecule has 2 fully saturated rings. The summed E-state index contributed by atoms with van der Waals surface area (Å²) >= 11 is 5.84. The molecule has 7 nitrogen and oxygen atoms in total. The largest absolute Gasteiger partial charge is 0.365 e. The van der Waals surface area contributed by atoms with Crippen molar-refractivity contribution in [3.63, 3.8) is 0 Å². The fraction of sp³-hybridized carbons (Fsp3) is 0.526. The van der Waals surface area contributed by atoms with Gasteiger partial charge in [-0.3, -0.25) is 14.9 Å². The maximum Gasteiger partial charge on any atom is 0.322 e. The Morgan fingerprint density at radius 2 is 2.07 bits per heavy atom. The number of hydrogen-bond donors (Lipinski definition) is 2. The molecule has 9 heteroatoms. The first-order valence-corrected chi connectivity index (χ1v) is 9.62. The quantitative estimate of drug-likeness (QED) is 0.745. The van der Waals surface area contributed by atoms with Gasteiger partial charge in [-0.2, -0.15) is 0 Å². The lowest BCUT2D eigenvalue weighted by Crippen LogP contribution is -2.54. The molecular formula is C19H24ClFN4O3. The Kier molecular flexibility index (Phi) is 5.52. The highest BCUT2D eigenvalue weighted by molar-refractivity contribution is 6.30. The number of carbonyl (C=O) groups excluding carboxylic acids is 3. The molecule has 2 aliphatic rings. The minimum absolute atomic E-state index is 0.00189. The predicted molar refractivity (Wildman–Crippen MR) is 104 cm³/mol. The van der Waals surface area contributed by atoms with Crippen molar-refractivity contribution in [2.75, 3.05) is 24.5 Å². The molecular weight excluding hydrogens is 387 g/mol. The van der Waals surface area contributed by atoms with Crippen LogP contribution in [0.15, 0.2) is 12.1 Å². The van der Waals surface area contributed by atoms with Gasteiger partial charge in [-0.15, -0.1) is 0 Å². The summed E-state index contributed by atoms with van der Waals surface area (Å²) < 4.78 is 13.9. The Morgan fingerprint density at radius 1 is 1.36 bits per heavy atom. The molecule has 0 spiro atoms. The monoisotopic (exact) mass is 410 g/mol. The van der Waals surface area contributed by atoms with Gasteiger partial charge in [-0.05, 0) is 44.9 Å². The predicted octanol–water partition coefficient (Wildman–Crippen LogP) is 2.20. The Morgan fingerprint density at radius 3 is 2.68 bits per heavy atom. The van der Waals surface area contributed by atoms with Crippen LogP contribution in [0.5, 0.6) is 0 Å². The van der Waals surface area contributed by atoms with Gasteiger partial charge in [0.2, 0.25) is 5.91 Å². The zero-order chi connectivity index (χ0) is 20.6. The van der Waals surface area contributed by atoms with E-state index < -0.39 is 23.3 Å². The number of piperazine rings is 1. The number of aryl methyl sites for hydroxylation is 1. The molecule has 1 unspecified atom stereocenters. The van der Waals surface area contributed by atoms with Gasteiger partial charge in [0, 0.05) is 37.8 Å². The number of imide groups is 1. The number of carbonyl (C=O) groups is 3. The van der Waals surface area contributed by atoms with Gasteiger partial charge in [-0.1, -0.05) is 11.6 Å². The summed E-state index contributed by atoms with van der Waals surface area (Å²) in [6.45, 7) is 7.05. The lowest BCUT2D eigenvalue weighted by atomic mass is 9.95. The second-order valence-electron chi connectivity index (χ2n) is 7.68. The van der Waals surface area contributed by atoms with E-state index in [1.54, 1.807) is 17.9 Å². The van der Waals surface area contributed by atoms with E-state index >= 15 is 0 Å². The summed E-state index contributed by atoms with van der Waals surface area (Å²) in [5.74, 6) is -0.942. The normalized spacial score (nSPS) is 25.0. The molecule has 0 bridgehead atoms. The maximum atomic E-state index is 13.9. The van der Waals surface area contributed by atoms with E-state index in [0.29, 0.717) is 19.6 Å². The van der Waals surface area contributed by atoms with Gasteiger partial charge < -0.3 is 15.1 Å². The number of anilines is 1. The van der Waals surface area contributed by atoms with Crippen LogP contribution < -0.4 is 15.5 Å². The van der Waals surface area contributed by atoms with E-state index in [2.05, 4.69) is 15.5 Å². The first-order chi connectivity index (χ1) is 13.1. The van der Waals surface area contributed by atoms with Crippen molar-refractivity contribution in [3.8, 4) is 0 Å². The van der Waals surface area contributed by atoms with Crippen molar-refractivity contribution in [1.82, 2.24) is 15.5 Å². The number of hydrogen-bond acceptors (Lipinski definition) is 4. The highest BCUT2D eigenvalue weighted by Crippen LogP contribution is 2.29. The van der Waals surface area contributed by atoms with Crippen LogP contribution in [-0.4, -0.2) is 54.0 Å². The lowest BCUT2D eigenvalue weighted by molar-refractivity contribution is -0.132. The number of benzene rings is 1. The first kappa shape index (κ1) is 20.4. The Balaban J connectivity index is 1.61. The Hall–Kier alpha value is -2.35. The Labute approximate surface area is 168 Å². The first-order valence-electron chi connectivity index (χ1n) is 9.24. The van der Waals surface area contributed by atoms with E-state index in [1.165, 1.54) is 6.07 Å². The van der Waals surface area contributed by atoms with E-state index in [-0.39, 0.29) is 29.8 Å². The van der Waals surface area contributed by atoms with Crippen molar-refractivity contribution in [3.05, 3.63) is 28.5 Å². The zero-order valence-corrected chi connectivity index (χ0v) is 16.9. The minimum Gasteiger partial charge on any atom is -0.365 e. The second kappa shape index (κ2) is 7.58. The average Bonchev–Trinajstić information content (AvgIpc) is 2.88. The third-order valence-electron chi connectivity index (χ3n) is 5.48. The van der Waals surface area contributed by atoms with Gasteiger partial charge >= 0.3 is 6.03 Å². The van der Waals surface area contributed by atoms with Gasteiger partial charge in [0.15, 0.2) is 0 Å². The SMILES string of the molecule is Cc1cc(Cl)c(F)cc1N1CCN(C(=O)CCC2(C)NC(=O)NC2=O)C[C@@H]1C. The van der Waals surface area contributed by atoms with E-state index in [1.807, 2.05) is 13.8 Å². The van der Waals surface area contributed by atoms with E-state index in [0.717, 1.165) is 11.3 Å². The van der Waals surface area contributed by atoms with Crippen LogP contribution in [0.1, 0.15) is 32.3 Å². The molecule has 28 heavy (non-hydrogen) atoms. The summed E-state index contributed by atoms with van der Waals surface area (Å²) in [7, 11) is 0. The summed E-state index contributed by atoms with van der Waals surface area (Å²) in [4.78, 5) is 39.6. The van der Waals surface area contributed by atoms with Crippen molar-refractivity contribution in [1.29, 1.82) is 0 Å². The molecule has 152 valence electrons. The van der Waals surface area contributed by atoms with Crippen molar-refractivity contribution in [2.45, 2.75) is 45.2 Å². The smallest absolute Gasteiger partial charge is 0.322 e. The highest BCUT2D eigenvalue weighted by Gasteiger charge is 2.42. The molecule has 1 aromatic rings. The van der Waals surface area contributed by atoms with Crippen molar-refractivity contribution >= 4 is 35.1 Å². The molecule has 2 heterocycles. The van der Waals surface area contributed by atoms with Crippen LogP contribution in [0.25, 0.3) is 0 Å². The maximum absolute atomic E-state index is 13.9. The molecule has 2 aliphatic heterocycles. The molecule has 4 amide bonds. The highest BCUT2D eigenvalue weighted by atomic mass is 35.5. The van der Waals surface area contributed by atoms with Gasteiger partial charge in [0.25, 0.3) is 5.91 Å². The molecule has 0 aliphatic carbocycles. The third kappa shape index (κ3) is 3.92. The molecule has 1 aromatic carbocycles. The number of urea groups is 1. The second-order valence-corrected chi connectivity index (χ2v) is 8.08. The molecule has 0 saturated carbocycles.